The first-order valence-corrected chi connectivity index (χ1v) is 22.8. The number of amides is 3. The lowest BCUT2D eigenvalue weighted by Gasteiger charge is -2.29. The van der Waals surface area contributed by atoms with E-state index in [9.17, 15) is 45.6 Å². The average molecular weight is 1030 g/mol. The number of hydrogen-bond acceptors (Lipinski definition) is 11. The highest BCUT2D eigenvalue weighted by molar-refractivity contribution is 7.88. The number of methoxy groups -OCH3 is 2. The Morgan fingerprint density at radius 1 is 0.687 bits per heavy atom. The van der Waals surface area contributed by atoms with Crippen LogP contribution in [0.25, 0.3) is 5.57 Å². The van der Waals surface area contributed by atoms with Crippen LogP contribution in [0.3, 0.4) is 0 Å². The normalized spacial score (nSPS) is 13.7. The van der Waals surface area contributed by atoms with Gasteiger partial charge >= 0.3 is 33.7 Å². The van der Waals surface area contributed by atoms with Crippen LogP contribution in [0, 0.1) is 0 Å². The second kappa shape index (κ2) is 23.5. The first kappa shape index (κ1) is 54.1. The van der Waals surface area contributed by atoms with Crippen molar-refractivity contribution < 1.29 is 64.0 Å². The molecular weight excluding hydrogens is 989 g/mol. The number of ether oxygens (including phenoxy) is 3. The summed E-state index contributed by atoms with van der Waals surface area (Å²) in [7, 11) is -3.45. The van der Waals surface area contributed by atoms with Crippen LogP contribution in [0.1, 0.15) is 64.6 Å². The lowest BCUT2D eigenvalue weighted by molar-refractivity contribution is -0.143. The molecule has 360 valence electrons. The molecule has 0 aliphatic carbocycles. The van der Waals surface area contributed by atoms with Gasteiger partial charge < -0.3 is 33.9 Å². The molecule has 1 heterocycles. The molecule has 3 amide bonds. The number of benzene rings is 4. The van der Waals surface area contributed by atoms with Gasteiger partial charge in [-0.3, -0.25) is 9.59 Å². The molecule has 0 radical (unpaired) electrons. The Bertz CT molecular complexity index is 2550. The van der Waals surface area contributed by atoms with Crippen LogP contribution in [0.15, 0.2) is 91.0 Å². The van der Waals surface area contributed by atoms with E-state index in [0.717, 1.165) is 35.9 Å². The Morgan fingerprint density at radius 2 is 1.10 bits per heavy atom. The zero-order valence-electron chi connectivity index (χ0n) is 36.3. The minimum Gasteiger partial charge on any atom is -0.467 e. The van der Waals surface area contributed by atoms with Crippen molar-refractivity contribution in [2.24, 2.45) is 0 Å². The van der Waals surface area contributed by atoms with Crippen molar-refractivity contribution in [3.05, 3.63) is 139 Å². The molecule has 0 fully saturated rings. The van der Waals surface area contributed by atoms with Gasteiger partial charge in [0.2, 0.25) is 0 Å². The Hall–Kier alpha value is -5.53. The molecule has 4 aromatic rings. The summed E-state index contributed by atoms with van der Waals surface area (Å²) in [6.45, 7) is 6.59. The number of halogens is 7. The predicted octanol–water partition coefficient (Wildman–Crippen LogP) is 9.27. The predicted molar refractivity (Wildman–Crippen MR) is 246 cm³/mol. The van der Waals surface area contributed by atoms with Crippen LogP contribution in [-0.4, -0.2) is 93.7 Å². The summed E-state index contributed by atoms with van der Waals surface area (Å²) >= 11 is 24.2. The Balaban J connectivity index is 0.000000296. The summed E-state index contributed by atoms with van der Waals surface area (Å²) in [5.41, 5.74) is -2.69. The first-order valence-electron chi connectivity index (χ1n) is 19.9. The van der Waals surface area contributed by atoms with Gasteiger partial charge in [-0.25, -0.2) is 14.4 Å². The maximum Gasteiger partial charge on any atom is 0.534 e. The van der Waals surface area contributed by atoms with E-state index in [2.05, 4.69) is 19.6 Å². The van der Waals surface area contributed by atoms with E-state index in [1.807, 2.05) is 51.1 Å². The van der Waals surface area contributed by atoms with Crippen LogP contribution >= 0.6 is 46.4 Å². The van der Waals surface area contributed by atoms with Gasteiger partial charge in [-0.15, -0.1) is 0 Å². The topological polar surface area (TPSA) is 184 Å². The number of alkyl halides is 3. The van der Waals surface area contributed by atoms with E-state index in [0.29, 0.717) is 25.1 Å². The highest BCUT2D eigenvalue weighted by atomic mass is 35.5. The molecule has 1 aliphatic heterocycles. The van der Waals surface area contributed by atoms with Crippen molar-refractivity contribution >= 4 is 91.9 Å². The fraction of sp³-hybridized carbons (Fsp3) is 0.311. The highest BCUT2D eigenvalue weighted by Gasteiger charge is 2.48. The third kappa shape index (κ3) is 15.5. The van der Waals surface area contributed by atoms with Crippen molar-refractivity contribution in [3.8, 4) is 5.75 Å². The molecule has 0 saturated heterocycles. The monoisotopic (exact) mass is 1030 g/mol. The number of esters is 2. The number of nitrogens with zero attached hydrogens (tertiary/aromatic N) is 1. The largest absolute Gasteiger partial charge is 0.534 e. The van der Waals surface area contributed by atoms with Gasteiger partial charge in [0.05, 0.1) is 45.4 Å². The van der Waals surface area contributed by atoms with Crippen LogP contribution in [0.2, 0.25) is 20.1 Å². The zero-order chi connectivity index (χ0) is 49.9. The summed E-state index contributed by atoms with van der Waals surface area (Å²) in [6, 6.07) is 19.2. The summed E-state index contributed by atoms with van der Waals surface area (Å²) in [4.78, 5) is 63.7. The van der Waals surface area contributed by atoms with E-state index < -0.39 is 62.8 Å². The van der Waals surface area contributed by atoms with Crippen molar-refractivity contribution in [2.75, 3.05) is 27.3 Å². The van der Waals surface area contributed by atoms with Crippen LogP contribution in [0.5, 0.6) is 5.75 Å². The highest BCUT2D eigenvalue weighted by Crippen LogP contribution is 2.29. The van der Waals surface area contributed by atoms with E-state index in [1.54, 1.807) is 23.1 Å². The molecule has 0 unspecified atom stereocenters. The number of carbonyl (C=O) groups excluding carboxylic acids is 5. The second-order valence-corrected chi connectivity index (χ2v) is 18.6. The van der Waals surface area contributed by atoms with Gasteiger partial charge in [0.25, 0.3) is 11.8 Å². The van der Waals surface area contributed by atoms with Gasteiger partial charge in [0, 0.05) is 25.9 Å². The van der Waals surface area contributed by atoms with E-state index in [-0.39, 0.29) is 50.2 Å². The maximum atomic E-state index is 12.8. The Morgan fingerprint density at radius 3 is 1.46 bits per heavy atom. The zero-order valence-corrected chi connectivity index (χ0v) is 40.2. The second-order valence-electron chi connectivity index (χ2n) is 15.4. The third-order valence-electron chi connectivity index (χ3n) is 9.44. The average Bonchev–Trinajstić information content (AvgIpc) is 3.25. The molecule has 5 rings (SSSR count). The van der Waals surface area contributed by atoms with Gasteiger partial charge in [0.1, 0.15) is 23.4 Å². The molecular formula is C45H44Cl4F3N3O11S. The molecule has 4 aromatic carbocycles. The smallest absolute Gasteiger partial charge is 0.467 e. The molecule has 0 aromatic heterocycles. The minimum absolute atomic E-state index is 0.0548. The number of carbonyl (C=O) groups is 5. The minimum atomic E-state index is -5.81. The summed E-state index contributed by atoms with van der Waals surface area (Å²) in [6.07, 6.45) is 2.51. The molecule has 2 N–H and O–H groups in total. The summed E-state index contributed by atoms with van der Waals surface area (Å²) in [5.74, 6) is -3.27. The molecule has 67 heavy (non-hydrogen) atoms. The molecule has 0 saturated carbocycles. The molecule has 22 heteroatoms. The van der Waals surface area contributed by atoms with E-state index >= 15 is 0 Å². The molecule has 2 atom stereocenters. The van der Waals surface area contributed by atoms with Crippen LogP contribution in [-0.2, 0) is 46.8 Å². The lowest BCUT2D eigenvalue weighted by Crippen LogP contribution is -2.43. The van der Waals surface area contributed by atoms with Gasteiger partial charge in [0.15, 0.2) is 0 Å². The lowest BCUT2D eigenvalue weighted by atomic mass is 9.97. The summed E-state index contributed by atoms with van der Waals surface area (Å²) in [5, 5.41) is 5.61. The maximum absolute atomic E-state index is 12.8. The molecule has 1 aliphatic rings. The van der Waals surface area contributed by atoms with Gasteiger partial charge in [-0.2, -0.15) is 21.6 Å². The Labute approximate surface area is 404 Å². The number of rotatable bonds is 13. The number of nitrogens with one attached hydrogen (secondary N) is 2. The fourth-order valence-corrected chi connectivity index (χ4v) is 7.76. The van der Waals surface area contributed by atoms with Gasteiger partial charge in [-0.1, -0.05) is 101 Å². The van der Waals surface area contributed by atoms with Crippen molar-refractivity contribution in [3.63, 3.8) is 0 Å². The van der Waals surface area contributed by atoms with Crippen molar-refractivity contribution in [1.82, 2.24) is 15.5 Å². The standard InChI is InChI=1S/C27H30Cl2N2O5.C18H14Cl2F3NO6S/c1-27(2,3)36-26(34)31-14-12-19(13-15-31)18-10-8-17(9-11-18)16-22(25(33)35-4)30-24(32)23-20(28)6-5-7-21(23)29;1-29-17(26)14(24-16(25)15-12(19)3-2-4-13(15)20)9-10-5-7-11(8-6-10)30-31(27,28)18(21,22)23/h5-12,22H,13-16H2,1-4H3,(H,30,32);2-8,14H,9H2,1H3,(H,24,25)/t22-;14-/m00/s1. The van der Waals surface area contributed by atoms with Crippen molar-refractivity contribution in [1.29, 1.82) is 0 Å². The van der Waals surface area contributed by atoms with E-state index in [1.165, 1.54) is 37.4 Å². The molecule has 0 bridgehead atoms. The molecule has 14 nitrogen and oxygen atoms in total. The van der Waals surface area contributed by atoms with Gasteiger partial charge in [-0.05, 0) is 85.9 Å². The number of hydrogen-bond donors (Lipinski definition) is 2. The fourth-order valence-electron chi connectivity index (χ4n) is 6.17. The van der Waals surface area contributed by atoms with Crippen LogP contribution in [0.4, 0.5) is 18.0 Å². The van der Waals surface area contributed by atoms with Crippen LogP contribution < -0.4 is 14.8 Å². The van der Waals surface area contributed by atoms with E-state index in [4.69, 9.17) is 55.9 Å². The van der Waals surface area contributed by atoms with Crippen molar-refractivity contribution in [2.45, 2.75) is 63.2 Å². The quantitative estimate of drug-likeness (QED) is 0.0563. The summed E-state index contributed by atoms with van der Waals surface area (Å²) < 4.78 is 78.3. The third-order valence-corrected chi connectivity index (χ3v) is 11.7. The Kier molecular flexibility index (Phi) is 18.9. The SMILES string of the molecule is COC(=O)[C@H](Cc1ccc(C2=CCN(C(=O)OC(C)(C)C)CC2)cc1)NC(=O)c1c(Cl)cccc1Cl.COC(=O)[C@H](Cc1ccc(OS(=O)(=O)C(F)(F)F)cc1)NC(=O)c1c(Cl)cccc1Cl. The first-order chi connectivity index (χ1) is 31.3. The molecule has 0 spiro atoms.